The minimum Gasteiger partial charge on any atom is -0.343 e. The SMILES string of the molecule is CC(C)c1cc(C(c2ccccc2)c2ccccc2)c(N=C(Nc2c(C(C)C)cccc2C(C)C)C23CC4CC(CC(C4)C2)C3)c(C(c2ccccc2)c2ccccc2)c1. The van der Waals surface area contributed by atoms with E-state index in [0.29, 0.717) is 17.8 Å². The van der Waals surface area contributed by atoms with Crippen LogP contribution in [-0.4, -0.2) is 5.84 Å². The van der Waals surface area contributed by atoms with Crippen LogP contribution in [-0.2, 0) is 0 Å². The smallest absolute Gasteiger partial charge is 0.113 e. The summed E-state index contributed by atoms with van der Waals surface area (Å²) in [6, 6.07) is 56.9. The van der Waals surface area contributed by atoms with Crippen LogP contribution >= 0.6 is 0 Å². The zero-order valence-electron chi connectivity index (χ0n) is 36.7. The van der Waals surface area contributed by atoms with Crippen molar-refractivity contribution in [3.8, 4) is 0 Å². The minimum absolute atomic E-state index is 0.00231. The van der Waals surface area contributed by atoms with Crippen LogP contribution < -0.4 is 5.32 Å². The molecular formula is C58H64N2. The molecule has 4 aliphatic rings. The molecule has 1 N–H and O–H groups in total. The van der Waals surface area contributed by atoms with E-state index in [2.05, 4.69) is 199 Å². The van der Waals surface area contributed by atoms with Gasteiger partial charge in [0.2, 0.25) is 0 Å². The van der Waals surface area contributed by atoms with Gasteiger partial charge in [-0.15, -0.1) is 0 Å². The number of hydrogen-bond donors (Lipinski definition) is 1. The van der Waals surface area contributed by atoms with Gasteiger partial charge in [0.05, 0.1) is 5.69 Å². The van der Waals surface area contributed by atoms with Crippen LogP contribution in [0, 0.1) is 23.2 Å². The lowest BCUT2D eigenvalue weighted by atomic mass is 9.49. The van der Waals surface area contributed by atoms with E-state index in [1.807, 2.05) is 0 Å². The number of rotatable bonds is 12. The molecule has 10 rings (SSSR count). The maximum absolute atomic E-state index is 6.39. The number of anilines is 1. The third-order valence-corrected chi connectivity index (χ3v) is 14.4. The maximum Gasteiger partial charge on any atom is 0.113 e. The summed E-state index contributed by atoms with van der Waals surface area (Å²) in [6.45, 7) is 14.1. The molecule has 0 amide bonds. The van der Waals surface area contributed by atoms with E-state index in [9.17, 15) is 0 Å². The molecule has 0 unspecified atom stereocenters. The number of hydrogen-bond acceptors (Lipinski definition) is 1. The van der Waals surface area contributed by atoms with Crippen LogP contribution in [0.3, 0.4) is 0 Å². The van der Waals surface area contributed by atoms with E-state index >= 15 is 0 Å². The van der Waals surface area contributed by atoms with E-state index in [1.54, 1.807) is 0 Å². The van der Waals surface area contributed by atoms with Gasteiger partial charge >= 0.3 is 0 Å². The first-order valence-corrected chi connectivity index (χ1v) is 23.0. The first-order valence-electron chi connectivity index (χ1n) is 23.0. The molecule has 6 aromatic carbocycles. The monoisotopic (exact) mass is 789 g/mol. The number of nitrogens with one attached hydrogen (secondary N) is 1. The van der Waals surface area contributed by atoms with Crippen LogP contribution in [0.4, 0.5) is 11.4 Å². The largest absolute Gasteiger partial charge is 0.343 e. The Labute approximate surface area is 360 Å². The molecular weight excluding hydrogens is 725 g/mol. The second-order valence-corrected chi connectivity index (χ2v) is 19.6. The predicted octanol–water partition coefficient (Wildman–Crippen LogP) is 15.8. The Bertz CT molecular complexity index is 2160. The second kappa shape index (κ2) is 17.0. The third-order valence-electron chi connectivity index (χ3n) is 14.4. The molecule has 4 fully saturated rings. The summed E-state index contributed by atoms with van der Waals surface area (Å²) in [5.41, 5.74) is 14.3. The number of para-hydroxylation sites is 1. The van der Waals surface area contributed by atoms with Crippen molar-refractivity contribution in [1.29, 1.82) is 0 Å². The number of benzene rings is 6. The number of aliphatic imine (C=N–C) groups is 1. The predicted molar refractivity (Wildman–Crippen MR) is 254 cm³/mol. The van der Waals surface area contributed by atoms with Crippen molar-refractivity contribution in [1.82, 2.24) is 0 Å². The van der Waals surface area contributed by atoms with Crippen molar-refractivity contribution in [3.63, 3.8) is 0 Å². The fourth-order valence-electron chi connectivity index (χ4n) is 11.9. The third kappa shape index (κ3) is 7.91. The van der Waals surface area contributed by atoms with E-state index in [-0.39, 0.29) is 17.3 Å². The Morgan fingerprint density at radius 2 is 0.817 bits per heavy atom. The van der Waals surface area contributed by atoms with Crippen LogP contribution in [0.5, 0.6) is 0 Å². The molecule has 0 atom stereocenters. The quantitative estimate of drug-likeness (QED) is 0.0745. The van der Waals surface area contributed by atoms with Gasteiger partial charge in [-0.1, -0.05) is 193 Å². The highest BCUT2D eigenvalue weighted by Gasteiger charge is 2.54. The molecule has 0 saturated heterocycles. The van der Waals surface area contributed by atoms with Crippen molar-refractivity contribution >= 4 is 17.2 Å². The Hall–Kier alpha value is -5.21. The van der Waals surface area contributed by atoms with Gasteiger partial charge in [0.15, 0.2) is 0 Å². The molecule has 0 radical (unpaired) electrons. The molecule has 4 aliphatic carbocycles. The van der Waals surface area contributed by atoms with Gasteiger partial charge in [0.25, 0.3) is 0 Å². The van der Waals surface area contributed by atoms with Gasteiger partial charge in [-0.25, -0.2) is 4.99 Å². The van der Waals surface area contributed by atoms with E-state index in [1.165, 1.54) is 100 Å². The molecule has 6 aromatic rings. The summed E-state index contributed by atoms with van der Waals surface area (Å²) >= 11 is 0. The van der Waals surface area contributed by atoms with E-state index in [4.69, 9.17) is 4.99 Å². The fourth-order valence-corrected chi connectivity index (χ4v) is 11.9. The van der Waals surface area contributed by atoms with Crippen molar-refractivity contribution < 1.29 is 0 Å². The van der Waals surface area contributed by atoms with Crippen LogP contribution in [0.2, 0.25) is 0 Å². The highest BCUT2D eigenvalue weighted by atomic mass is 15.0. The summed E-state index contributed by atoms with van der Waals surface area (Å²) in [7, 11) is 0. The van der Waals surface area contributed by atoms with Crippen molar-refractivity contribution in [3.05, 3.63) is 202 Å². The average molecular weight is 789 g/mol. The normalized spacial score (nSPS) is 21.2. The molecule has 2 nitrogen and oxygen atoms in total. The molecule has 0 aromatic heterocycles. The van der Waals surface area contributed by atoms with Gasteiger partial charge in [0.1, 0.15) is 5.84 Å². The van der Waals surface area contributed by atoms with E-state index in [0.717, 1.165) is 23.4 Å². The summed E-state index contributed by atoms with van der Waals surface area (Å²) in [5.74, 6) is 4.59. The van der Waals surface area contributed by atoms with Gasteiger partial charge in [0, 0.05) is 22.9 Å². The van der Waals surface area contributed by atoms with Gasteiger partial charge < -0.3 is 5.32 Å². The summed E-state index contributed by atoms with van der Waals surface area (Å²) in [5, 5.41) is 4.36. The lowest BCUT2D eigenvalue weighted by molar-refractivity contribution is -0.0123. The Morgan fingerprint density at radius 1 is 0.450 bits per heavy atom. The Balaban J connectivity index is 1.40. The van der Waals surface area contributed by atoms with Crippen LogP contribution in [0.25, 0.3) is 0 Å². The highest BCUT2D eigenvalue weighted by molar-refractivity contribution is 6.03. The standard InChI is InChI=1S/C58H64N2/c1-38(2)48-33-51(53(44-20-11-7-12-21-44)45-22-13-8-14-23-45)56(52(34-48)54(46-24-15-9-16-25-46)47-26-17-10-18-27-47)60-57(58-35-41-30-42(36-58)32-43(31-41)37-58)59-55-49(39(3)4)28-19-29-50(55)40(5)6/h7-29,33-34,38-43,53-54H,30-32,35-37H2,1-6H3,(H,59,60). The summed E-state index contributed by atoms with van der Waals surface area (Å²) in [6.07, 6.45) is 7.84. The molecule has 0 aliphatic heterocycles. The van der Waals surface area contributed by atoms with Crippen molar-refractivity contribution in [2.45, 2.75) is 110 Å². The molecule has 306 valence electrons. The highest BCUT2D eigenvalue weighted by Crippen LogP contribution is 2.61. The van der Waals surface area contributed by atoms with E-state index < -0.39 is 0 Å². The van der Waals surface area contributed by atoms with Gasteiger partial charge in [-0.05, 0) is 124 Å². The summed E-state index contributed by atoms with van der Waals surface area (Å²) in [4.78, 5) is 6.39. The average Bonchev–Trinajstić information content (AvgIpc) is 3.25. The first-order chi connectivity index (χ1) is 29.2. The molecule has 2 heteroatoms. The topological polar surface area (TPSA) is 24.4 Å². The maximum atomic E-state index is 6.39. The summed E-state index contributed by atoms with van der Waals surface area (Å²) < 4.78 is 0. The molecule has 4 bridgehead atoms. The zero-order valence-corrected chi connectivity index (χ0v) is 36.7. The van der Waals surface area contributed by atoms with Crippen molar-refractivity contribution in [2.75, 3.05) is 5.32 Å². The first kappa shape index (κ1) is 40.2. The number of amidine groups is 1. The minimum atomic E-state index is -0.0115. The second-order valence-electron chi connectivity index (χ2n) is 19.6. The van der Waals surface area contributed by atoms with Crippen LogP contribution in [0.15, 0.2) is 157 Å². The van der Waals surface area contributed by atoms with Gasteiger partial charge in [-0.2, -0.15) is 0 Å². The Morgan fingerprint density at radius 3 is 1.15 bits per heavy atom. The lowest BCUT2D eigenvalue weighted by Gasteiger charge is -2.57. The van der Waals surface area contributed by atoms with Crippen molar-refractivity contribution in [2.24, 2.45) is 28.2 Å². The van der Waals surface area contributed by atoms with Gasteiger partial charge in [-0.3, -0.25) is 0 Å². The molecule has 0 spiro atoms. The molecule has 0 heterocycles. The lowest BCUT2D eigenvalue weighted by Crippen LogP contribution is -2.52. The Kier molecular flexibility index (Phi) is 11.4. The molecule has 60 heavy (non-hydrogen) atoms. The number of nitrogens with zero attached hydrogens (tertiary/aromatic N) is 1. The fraction of sp³-hybridized carbons (Fsp3) is 0.362. The molecule has 4 saturated carbocycles. The van der Waals surface area contributed by atoms with Crippen LogP contribution in [0.1, 0.15) is 160 Å². The zero-order chi connectivity index (χ0) is 41.4.